The van der Waals surface area contributed by atoms with Crippen LogP contribution in [-0.2, 0) is 0 Å². The lowest BCUT2D eigenvalue weighted by Crippen LogP contribution is -2.10. The van der Waals surface area contributed by atoms with E-state index in [0.29, 0.717) is 33.1 Å². The van der Waals surface area contributed by atoms with E-state index in [1.54, 1.807) is 39.5 Å². The van der Waals surface area contributed by atoms with Gasteiger partial charge in [-0.25, -0.2) is 0 Å². The summed E-state index contributed by atoms with van der Waals surface area (Å²) in [5.74, 6) is 1.71. The molecule has 4 nitrogen and oxygen atoms in total. The van der Waals surface area contributed by atoms with E-state index in [0.717, 1.165) is 5.56 Å². The molecule has 23 heavy (non-hydrogen) atoms. The van der Waals surface area contributed by atoms with Gasteiger partial charge in [0.25, 0.3) is 0 Å². The maximum absolute atomic E-state index is 12.7. The molecule has 0 saturated heterocycles. The minimum Gasteiger partial charge on any atom is -0.496 e. The Labute approximate surface area is 142 Å². The lowest BCUT2D eigenvalue weighted by molar-refractivity contribution is 0.108. The Morgan fingerprint density at radius 1 is 1.04 bits per heavy atom. The van der Waals surface area contributed by atoms with Crippen LogP contribution in [0.3, 0.4) is 0 Å². The summed E-state index contributed by atoms with van der Waals surface area (Å²) in [6, 6.07) is 8.88. The molecule has 0 aliphatic rings. The molecule has 0 amide bonds. The Morgan fingerprint density at radius 3 is 2.13 bits per heavy atom. The molecule has 2 rings (SSSR count). The second-order valence-electron chi connectivity index (χ2n) is 4.79. The van der Waals surface area contributed by atoms with Crippen molar-refractivity contribution in [2.24, 2.45) is 0 Å². The first-order valence-corrected chi connectivity index (χ1v) is 8.26. The van der Waals surface area contributed by atoms with Crippen molar-refractivity contribution in [3.05, 3.63) is 46.5 Å². The molecule has 1 unspecified atom stereocenters. The number of carbonyl (C=O) groups is 1. The summed E-state index contributed by atoms with van der Waals surface area (Å²) in [5.41, 5.74) is 1.32. The van der Waals surface area contributed by atoms with Crippen LogP contribution in [0.2, 0.25) is 5.02 Å². The molecule has 0 radical (unpaired) electrons. The monoisotopic (exact) mass is 352 g/mol. The summed E-state index contributed by atoms with van der Waals surface area (Å²) < 4.78 is 16.0. The quantitative estimate of drug-likeness (QED) is 0.741. The van der Waals surface area contributed by atoms with Crippen LogP contribution in [-0.4, -0.2) is 26.9 Å². The lowest BCUT2D eigenvalue weighted by Gasteiger charge is -2.15. The van der Waals surface area contributed by atoms with Gasteiger partial charge in [-0.3, -0.25) is 4.79 Å². The van der Waals surface area contributed by atoms with Crippen molar-refractivity contribution < 1.29 is 19.0 Å². The number of halogens is 1. The van der Waals surface area contributed by atoms with Crippen molar-refractivity contribution in [2.75, 3.05) is 21.3 Å². The number of carbonyl (C=O) groups excluding carboxylic acids is 1. The van der Waals surface area contributed by atoms with Crippen molar-refractivity contribution in [1.82, 2.24) is 0 Å². The zero-order chi connectivity index (χ0) is 17.0. The summed E-state index contributed by atoms with van der Waals surface area (Å²) >= 11 is 6.19. The Kier molecular flexibility index (Phi) is 5.86. The lowest BCUT2D eigenvalue weighted by atomic mass is 10.1. The number of benzene rings is 2. The topological polar surface area (TPSA) is 44.8 Å². The molecule has 0 saturated carbocycles. The van der Waals surface area contributed by atoms with Gasteiger partial charge in [-0.1, -0.05) is 23.7 Å². The zero-order valence-electron chi connectivity index (χ0n) is 13.4. The third-order valence-electron chi connectivity index (χ3n) is 3.40. The summed E-state index contributed by atoms with van der Waals surface area (Å²) in [4.78, 5) is 12.7. The maximum Gasteiger partial charge on any atom is 0.187 e. The van der Waals surface area contributed by atoms with Gasteiger partial charge in [0, 0.05) is 17.7 Å². The van der Waals surface area contributed by atoms with Gasteiger partial charge in [-0.2, -0.15) is 0 Å². The number of rotatable bonds is 6. The van der Waals surface area contributed by atoms with Gasteiger partial charge >= 0.3 is 0 Å². The molecule has 0 spiro atoms. The highest BCUT2D eigenvalue weighted by Crippen LogP contribution is 2.35. The van der Waals surface area contributed by atoms with Gasteiger partial charge in [0.2, 0.25) is 0 Å². The van der Waals surface area contributed by atoms with Gasteiger partial charge < -0.3 is 14.2 Å². The Morgan fingerprint density at radius 2 is 1.65 bits per heavy atom. The predicted octanol–water partition coefficient (Wildman–Crippen LogP) is 3.82. The largest absolute Gasteiger partial charge is 0.496 e. The highest BCUT2D eigenvalue weighted by atomic mass is 35.5. The molecular weight excluding hydrogens is 335 g/mol. The Balaban J connectivity index is 2.45. The van der Waals surface area contributed by atoms with Crippen molar-refractivity contribution in [3.63, 3.8) is 0 Å². The Bertz CT molecular complexity index is 685. The van der Waals surface area contributed by atoms with E-state index in [1.165, 1.54) is 0 Å². The van der Waals surface area contributed by atoms with Gasteiger partial charge in [-0.05, 0) is 27.1 Å². The SMILES string of the molecule is COc1cc(OC)c(PC(=O)c2c(C)cccc2Cl)c(OC)c1. The summed E-state index contributed by atoms with van der Waals surface area (Å²) in [7, 11) is 4.49. The molecule has 0 fully saturated rings. The van der Waals surface area contributed by atoms with Crippen LogP contribution in [0, 0.1) is 6.92 Å². The number of methoxy groups -OCH3 is 3. The maximum atomic E-state index is 12.7. The fourth-order valence-electron chi connectivity index (χ4n) is 2.22. The van der Waals surface area contributed by atoms with E-state index in [-0.39, 0.29) is 14.1 Å². The molecule has 0 heterocycles. The van der Waals surface area contributed by atoms with Crippen LogP contribution < -0.4 is 19.5 Å². The normalized spacial score (nSPS) is 10.8. The van der Waals surface area contributed by atoms with Gasteiger partial charge in [0.15, 0.2) is 5.52 Å². The van der Waals surface area contributed by atoms with Crippen LogP contribution in [0.15, 0.2) is 30.3 Å². The molecule has 122 valence electrons. The second kappa shape index (κ2) is 7.67. The average Bonchev–Trinajstić information content (AvgIpc) is 2.54. The standard InChI is InChI=1S/C17H18ClO4P/c1-10-6-5-7-12(18)15(10)17(19)23-16-13(21-3)8-11(20-2)9-14(16)22-4/h5-9,23H,1-4H3. The van der Waals surface area contributed by atoms with E-state index in [4.69, 9.17) is 25.8 Å². The minimum atomic E-state index is -0.171. The first-order chi connectivity index (χ1) is 11.0. The Hall–Kier alpha value is -1.77. The average molecular weight is 353 g/mol. The predicted molar refractivity (Wildman–Crippen MR) is 94.6 cm³/mol. The summed E-state index contributed by atoms with van der Waals surface area (Å²) in [6.45, 7) is 1.87. The molecule has 0 aliphatic carbocycles. The van der Waals surface area contributed by atoms with Crippen molar-refractivity contribution in [1.29, 1.82) is 0 Å². The molecule has 6 heteroatoms. The third kappa shape index (κ3) is 3.77. The van der Waals surface area contributed by atoms with Crippen LogP contribution >= 0.6 is 20.2 Å². The molecular formula is C17H18ClO4P. The van der Waals surface area contributed by atoms with E-state index >= 15 is 0 Å². The van der Waals surface area contributed by atoms with E-state index in [2.05, 4.69) is 0 Å². The first-order valence-electron chi connectivity index (χ1n) is 6.88. The second-order valence-corrected chi connectivity index (χ2v) is 6.40. The molecule has 0 aliphatic heterocycles. The molecule has 0 aromatic heterocycles. The van der Waals surface area contributed by atoms with Crippen molar-refractivity contribution in [3.8, 4) is 17.2 Å². The van der Waals surface area contributed by atoms with Crippen LogP contribution in [0.1, 0.15) is 15.9 Å². The number of hydrogen-bond donors (Lipinski definition) is 0. The highest BCUT2D eigenvalue weighted by molar-refractivity contribution is 7.66. The highest BCUT2D eigenvalue weighted by Gasteiger charge is 2.20. The van der Waals surface area contributed by atoms with Crippen molar-refractivity contribution in [2.45, 2.75) is 6.92 Å². The van der Waals surface area contributed by atoms with E-state index in [1.807, 2.05) is 19.1 Å². The van der Waals surface area contributed by atoms with Crippen molar-refractivity contribution >= 4 is 31.0 Å². The summed E-state index contributed by atoms with van der Waals surface area (Å²) in [5, 5.41) is 1.15. The van der Waals surface area contributed by atoms with Crippen LogP contribution in [0.25, 0.3) is 0 Å². The molecule has 1 atom stereocenters. The smallest absolute Gasteiger partial charge is 0.187 e. The first kappa shape index (κ1) is 17.6. The fourth-order valence-corrected chi connectivity index (χ4v) is 3.89. The minimum absolute atomic E-state index is 0.0603. The van der Waals surface area contributed by atoms with Gasteiger partial charge in [0.05, 0.1) is 31.7 Å². The zero-order valence-corrected chi connectivity index (χ0v) is 15.2. The van der Waals surface area contributed by atoms with Gasteiger partial charge in [-0.15, -0.1) is 0 Å². The number of ether oxygens (including phenoxy) is 3. The summed E-state index contributed by atoms with van der Waals surface area (Å²) in [6.07, 6.45) is 0. The third-order valence-corrected chi connectivity index (χ3v) is 4.94. The van der Waals surface area contributed by atoms with Crippen LogP contribution in [0.4, 0.5) is 0 Å². The fraction of sp³-hybridized carbons (Fsp3) is 0.235. The van der Waals surface area contributed by atoms with E-state index < -0.39 is 0 Å². The molecule has 2 aromatic rings. The van der Waals surface area contributed by atoms with Crippen LogP contribution in [0.5, 0.6) is 17.2 Å². The van der Waals surface area contributed by atoms with Gasteiger partial charge in [0.1, 0.15) is 17.2 Å². The molecule has 2 aromatic carbocycles. The number of hydrogen-bond acceptors (Lipinski definition) is 4. The van der Waals surface area contributed by atoms with E-state index in [9.17, 15) is 4.79 Å². The molecule has 0 N–H and O–H groups in total. The molecule has 0 bridgehead atoms. The number of aryl methyl sites for hydroxylation is 1.